The normalized spacial score (nSPS) is 12.3. The van der Waals surface area contributed by atoms with Gasteiger partial charge in [-0.3, -0.25) is 9.88 Å². The maximum atomic E-state index is 8.81. The molecule has 0 aliphatic heterocycles. The van der Waals surface area contributed by atoms with E-state index in [-0.39, 0.29) is 6.04 Å². The Morgan fingerprint density at radius 2 is 2.33 bits per heavy atom. The summed E-state index contributed by atoms with van der Waals surface area (Å²) in [7, 11) is 2.07. The highest BCUT2D eigenvalue weighted by Crippen LogP contribution is 2.21. The van der Waals surface area contributed by atoms with Gasteiger partial charge in [0.2, 0.25) is 0 Å². The van der Waals surface area contributed by atoms with E-state index in [1.165, 1.54) is 4.88 Å². The van der Waals surface area contributed by atoms with Crippen molar-refractivity contribution in [2.75, 3.05) is 7.05 Å². The van der Waals surface area contributed by atoms with Crippen LogP contribution in [0.4, 0.5) is 0 Å². The number of rotatable bonds is 4. The van der Waals surface area contributed by atoms with Crippen LogP contribution in [0.15, 0.2) is 35.8 Å². The quantitative estimate of drug-likeness (QED) is 0.844. The smallest absolute Gasteiger partial charge is 0.100 e. The Hall–Kier alpha value is -1.70. The van der Waals surface area contributed by atoms with Crippen LogP contribution < -0.4 is 0 Å². The average Bonchev–Trinajstić information content (AvgIpc) is 2.86. The summed E-state index contributed by atoms with van der Waals surface area (Å²) in [6, 6.07) is 10.3. The number of hydrogen-bond donors (Lipinski definition) is 0. The number of hydrogen-bond acceptors (Lipinski definition) is 4. The third kappa shape index (κ3) is 2.95. The molecule has 0 N–H and O–H groups in total. The standard InChI is InChI=1S/C14H15N3S/c1-11(14-5-3-4-6-16-14)17(2)9-13-7-12(8-15)10-18-13/h3-7,10-11H,9H2,1-2H3/t11-/m1/s1. The minimum Gasteiger partial charge on any atom is -0.293 e. The summed E-state index contributed by atoms with van der Waals surface area (Å²) >= 11 is 1.63. The molecule has 18 heavy (non-hydrogen) atoms. The molecule has 1 atom stereocenters. The van der Waals surface area contributed by atoms with Crippen molar-refractivity contribution in [3.8, 4) is 6.07 Å². The van der Waals surface area contributed by atoms with E-state index in [1.807, 2.05) is 35.8 Å². The molecule has 2 rings (SSSR count). The molecule has 0 fully saturated rings. The van der Waals surface area contributed by atoms with Crippen molar-refractivity contribution in [3.05, 3.63) is 52.0 Å². The van der Waals surface area contributed by atoms with Crippen LogP contribution >= 0.6 is 11.3 Å². The second-order valence-corrected chi connectivity index (χ2v) is 5.25. The Morgan fingerprint density at radius 1 is 1.50 bits per heavy atom. The maximum Gasteiger partial charge on any atom is 0.100 e. The zero-order valence-electron chi connectivity index (χ0n) is 10.5. The SMILES string of the molecule is C[C@H](c1ccccn1)N(C)Cc1cc(C#N)cs1. The predicted molar refractivity (Wildman–Crippen MR) is 73.2 cm³/mol. The fourth-order valence-corrected chi connectivity index (χ4v) is 2.63. The minimum atomic E-state index is 0.263. The molecular weight excluding hydrogens is 242 g/mol. The van der Waals surface area contributed by atoms with Gasteiger partial charge in [-0.15, -0.1) is 11.3 Å². The van der Waals surface area contributed by atoms with E-state index in [1.54, 1.807) is 11.3 Å². The molecular formula is C14H15N3S. The van der Waals surface area contributed by atoms with E-state index in [2.05, 4.69) is 29.9 Å². The summed E-state index contributed by atoms with van der Waals surface area (Å²) < 4.78 is 0. The molecule has 0 spiro atoms. The third-order valence-electron chi connectivity index (χ3n) is 2.97. The summed E-state index contributed by atoms with van der Waals surface area (Å²) in [4.78, 5) is 7.81. The van der Waals surface area contributed by atoms with Crippen molar-refractivity contribution >= 4 is 11.3 Å². The molecule has 4 heteroatoms. The zero-order chi connectivity index (χ0) is 13.0. The van der Waals surface area contributed by atoms with Crippen molar-refractivity contribution in [3.63, 3.8) is 0 Å². The van der Waals surface area contributed by atoms with Crippen molar-refractivity contribution < 1.29 is 0 Å². The van der Waals surface area contributed by atoms with E-state index in [9.17, 15) is 0 Å². The topological polar surface area (TPSA) is 39.9 Å². The van der Waals surface area contributed by atoms with Crippen molar-refractivity contribution in [2.45, 2.75) is 19.5 Å². The second-order valence-electron chi connectivity index (χ2n) is 4.26. The van der Waals surface area contributed by atoms with Gasteiger partial charge < -0.3 is 0 Å². The first-order valence-corrected chi connectivity index (χ1v) is 6.67. The van der Waals surface area contributed by atoms with Crippen LogP contribution in [0, 0.1) is 11.3 Å². The summed E-state index contributed by atoms with van der Waals surface area (Å²) in [5, 5.41) is 10.7. The van der Waals surface area contributed by atoms with Crippen LogP contribution in [0.5, 0.6) is 0 Å². The monoisotopic (exact) mass is 257 g/mol. The van der Waals surface area contributed by atoms with Gasteiger partial charge in [0.25, 0.3) is 0 Å². The van der Waals surface area contributed by atoms with E-state index < -0.39 is 0 Å². The Balaban J connectivity index is 2.04. The van der Waals surface area contributed by atoms with Crippen molar-refractivity contribution in [1.82, 2.24) is 9.88 Å². The lowest BCUT2D eigenvalue weighted by Crippen LogP contribution is -2.22. The lowest BCUT2D eigenvalue weighted by atomic mass is 10.2. The van der Waals surface area contributed by atoms with Crippen LogP contribution in [-0.2, 0) is 6.54 Å². The number of nitriles is 1. The molecule has 0 aliphatic carbocycles. The fourth-order valence-electron chi connectivity index (χ4n) is 1.75. The van der Waals surface area contributed by atoms with Crippen LogP contribution in [-0.4, -0.2) is 16.9 Å². The van der Waals surface area contributed by atoms with Crippen LogP contribution in [0.25, 0.3) is 0 Å². The second kappa shape index (κ2) is 5.76. The van der Waals surface area contributed by atoms with Gasteiger partial charge in [-0.25, -0.2) is 0 Å². The van der Waals surface area contributed by atoms with Crippen molar-refractivity contribution in [1.29, 1.82) is 5.26 Å². The van der Waals surface area contributed by atoms with E-state index in [0.717, 1.165) is 17.8 Å². The molecule has 0 saturated carbocycles. The van der Waals surface area contributed by atoms with Crippen LogP contribution in [0.3, 0.4) is 0 Å². The Bertz CT molecular complexity index is 542. The summed E-state index contributed by atoms with van der Waals surface area (Å²) in [6.45, 7) is 2.98. The molecule has 0 unspecified atom stereocenters. The minimum absolute atomic E-state index is 0.263. The zero-order valence-corrected chi connectivity index (χ0v) is 11.3. The summed E-state index contributed by atoms with van der Waals surface area (Å²) in [5.41, 5.74) is 1.81. The van der Waals surface area contributed by atoms with Gasteiger partial charge in [-0.05, 0) is 32.2 Å². The fraction of sp³-hybridized carbons (Fsp3) is 0.286. The Labute approximate surface area is 111 Å². The third-order valence-corrected chi connectivity index (χ3v) is 3.89. The first-order chi connectivity index (χ1) is 8.70. The molecule has 3 nitrogen and oxygen atoms in total. The highest BCUT2D eigenvalue weighted by Gasteiger charge is 2.13. The highest BCUT2D eigenvalue weighted by molar-refractivity contribution is 7.10. The lowest BCUT2D eigenvalue weighted by Gasteiger charge is -2.23. The van der Waals surface area contributed by atoms with E-state index >= 15 is 0 Å². The molecule has 0 aliphatic rings. The first kappa shape index (κ1) is 12.7. The van der Waals surface area contributed by atoms with Gasteiger partial charge in [0.1, 0.15) is 6.07 Å². The molecule has 2 heterocycles. The predicted octanol–water partition coefficient (Wildman–Crippen LogP) is 3.21. The first-order valence-electron chi connectivity index (χ1n) is 5.79. The summed E-state index contributed by atoms with van der Waals surface area (Å²) in [6.07, 6.45) is 1.82. The molecule has 0 saturated heterocycles. The van der Waals surface area contributed by atoms with Crippen LogP contribution in [0.1, 0.15) is 29.1 Å². The van der Waals surface area contributed by atoms with Crippen LogP contribution in [0.2, 0.25) is 0 Å². The highest BCUT2D eigenvalue weighted by atomic mass is 32.1. The maximum absolute atomic E-state index is 8.81. The number of aromatic nitrogens is 1. The molecule has 0 aromatic carbocycles. The molecule has 92 valence electrons. The lowest BCUT2D eigenvalue weighted by molar-refractivity contribution is 0.251. The van der Waals surface area contributed by atoms with Gasteiger partial charge >= 0.3 is 0 Å². The molecule has 2 aromatic heterocycles. The number of nitrogens with zero attached hydrogens (tertiary/aromatic N) is 3. The number of thiophene rings is 1. The summed E-state index contributed by atoms with van der Waals surface area (Å²) in [5.74, 6) is 0. The molecule has 0 radical (unpaired) electrons. The van der Waals surface area contributed by atoms with Gasteiger partial charge in [0.15, 0.2) is 0 Å². The molecule has 2 aromatic rings. The van der Waals surface area contributed by atoms with Gasteiger partial charge in [0.05, 0.1) is 11.3 Å². The average molecular weight is 257 g/mol. The van der Waals surface area contributed by atoms with E-state index in [4.69, 9.17) is 5.26 Å². The van der Waals surface area contributed by atoms with Crippen molar-refractivity contribution in [2.24, 2.45) is 0 Å². The largest absolute Gasteiger partial charge is 0.293 e. The molecule has 0 bridgehead atoms. The molecule has 0 amide bonds. The number of pyridine rings is 1. The Morgan fingerprint density at radius 3 is 2.94 bits per heavy atom. The van der Waals surface area contributed by atoms with Gasteiger partial charge in [-0.2, -0.15) is 5.26 Å². The van der Waals surface area contributed by atoms with Gasteiger partial charge in [0, 0.05) is 29.0 Å². The van der Waals surface area contributed by atoms with Gasteiger partial charge in [-0.1, -0.05) is 6.07 Å². The van der Waals surface area contributed by atoms with E-state index in [0.29, 0.717) is 0 Å². The Kier molecular flexibility index (Phi) is 4.08.